The minimum atomic E-state index is -0.421. The Labute approximate surface area is 192 Å². The molecule has 1 aliphatic rings. The molecular weight excluding hydrogens is 424 g/mol. The highest BCUT2D eigenvalue weighted by Crippen LogP contribution is 2.27. The van der Waals surface area contributed by atoms with Crippen molar-refractivity contribution in [2.45, 2.75) is 26.8 Å². The molecule has 0 saturated carbocycles. The second kappa shape index (κ2) is 9.40. The highest BCUT2D eigenvalue weighted by atomic mass is 32.1. The predicted octanol–water partition coefficient (Wildman–Crippen LogP) is 4.12. The van der Waals surface area contributed by atoms with Gasteiger partial charge in [0.15, 0.2) is 10.8 Å². The first-order valence-electron chi connectivity index (χ1n) is 10.6. The van der Waals surface area contributed by atoms with Crippen molar-refractivity contribution in [3.63, 3.8) is 0 Å². The maximum atomic E-state index is 12.7. The maximum Gasteiger partial charge on any atom is 0.359 e. The number of methoxy groups -OCH3 is 1. The van der Waals surface area contributed by atoms with Crippen LogP contribution in [0.15, 0.2) is 48.5 Å². The van der Waals surface area contributed by atoms with E-state index < -0.39 is 5.97 Å². The molecule has 0 saturated heterocycles. The molecule has 0 unspecified atom stereocenters. The van der Waals surface area contributed by atoms with Crippen molar-refractivity contribution in [2.75, 3.05) is 25.6 Å². The van der Waals surface area contributed by atoms with Gasteiger partial charge in [-0.05, 0) is 62.0 Å². The van der Waals surface area contributed by atoms with Crippen LogP contribution in [0.25, 0.3) is 5.69 Å². The molecule has 2 heterocycles. The van der Waals surface area contributed by atoms with E-state index in [0.717, 1.165) is 40.5 Å². The van der Waals surface area contributed by atoms with Gasteiger partial charge in [0.05, 0.1) is 25.1 Å². The maximum absolute atomic E-state index is 12.7. The molecule has 0 spiro atoms. The number of fused-ring (bicyclic) bond motifs is 1. The first-order chi connectivity index (χ1) is 15.5. The summed E-state index contributed by atoms with van der Waals surface area (Å²) in [5.41, 5.74) is 5.13. The Morgan fingerprint density at radius 3 is 2.62 bits per heavy atom. The first kappa shape index (κ1) is 21.8. The number of para-hydroxylation sites is 1. The largest absolute Gasteiger partial charge is 0.497 e. The normalized spacial score (nSPS) is 12.8. The zero-order chi connectivity index (χ0) is 22.7. The molecule has 1 aliphatic heterocycles. The molecule has 1 N–H and O–H groups in total. The monoisotopic (exact) mass is 450 g/mol. The fraction of sp³-hybridized carbons (Fsp3) is 0.292. The number of ether oxygens (including phenoxy) is 2. The quantitative estimate of drug-likeness (QED) is 0.463. The number of rotatable bonds is 5. The number of aromatic nitrogens is 2. The molecule has 3 aromatic rings. The van der Waals surface area contributed by atoms with Crippen molar-refractivity contribution in [1.29, 1.82) is 0 Å². The molecule has 0 aliphatic carbocycles. The van der Waals surface area contributed by atoms with Gasteiger partial charge in [-0.2, -0.15) is 5.10 Å². The Kier molecular flexibility index (Phi) is 6.41. The number of benzene rings is 2. The lowest BCUT2D eigenvalue weighted by atomic mass is 10.1. The number of hydrogen-bond acceptors (Lipinski definition) is 5. The Bertz CT molecular complexity index is 1140. The highest BCUT2D eigenvalue weighted by Gasteiger charge is 2.30. The van der Waals surface area contributed by atoms with Gasteiger partial charge in [0, 0.05) is 30.8 Å². The van der Waals surface area contributed by atoms with Crippen LogP contribution in [0.3, 0.4) is 0 Å². The average Bonchev–Trinajstić information content (AvgIpc) is 3.20. The second-order valence-electron chi connectivity index (χ2n) is 7.52. The third-order valence-electron chi connectivity index (χ3n) is 5.52. The lowest BCUT2D eigenvalue weighted by molar-refractivity contribution is 0.0517. The Balaban J connectivity index is 1.65. The number of carbonyl (C=O) groups is 1. The van der Waals surface area contributed by atoms with Crippen LogP contribution in [0.1, 0.15) is 34.2 Å². The SMILES string of the molecule is CCOC(=O)c1nn(-c2ccc(OC)cc2)c2c1CN(C(=S)Nc1ccccc1C)CC2. The van der Waals surface area contributed by atoms with E-state index in [0.29, 0.717) is 30.4 Å². The summed E-state index contributed by atoms with van der Waals surface area (Å²) in [7, 11) is 1.63. The van der Waals surface area contributed by atoms with Crippen molar-refractivity contribution in [3.8, 4) is 11.4 Å². The summed E-state index contributed by atoms with van der Waals surface area (Å²) in [5, 5.41) is 8.60. The number of aryl methyl sites for hydroxylation is 1. The van der Waals surface area contributed by atoms with E-state index in [1.165, 1.54) is 0 Å². The number of carbonyl (C=O) groups excluding carboxylic acids is 1. The summed E-state index contributed by atoms with van der Waals surface area (Å²) in [6, 6.07) is 15.6. The Hall–Kier alpha value is -3.39. The van der Waals surface area contributed by atoms with Crippen LogP contribution in [0, 0.1) is 6.92 Å². The number of nitrogens with zero attached hydrogens (tertiary/aromatic N) is 3. The summed E-state index contributed by atoms with van der Waals surface area (Å²) in [4.78, 5) is 14.8. The van der Waals surface area contributed by atoms with E-state index in [9.17, 15) is 4.79 Å². The summed E-state index contributed by atoms with van der Waals surface area (Å²) in [6.45, 7) is 5.32. The van der Waals surface area contributed by atoms with Crippen molar-refractivity contribution in [1.82, 2.24) is 14.7 Å². The molecule has 7 nitrogen and oxygen atoms in total. The van der Waals surface area contributed by atoms with E-state index in [-0.39, 0.29) is 0 Å². The molecule has 0 atom stereocenters. The number of esters is 1. The van der Waals surface area contributed by atoms with Gasteiger partial charge in [0.2, 0.25) is 0 Å². The van der Waals surface area contributed by atoms with E-state index in [2.05, 4.69) is 15.3 Å². The molecule has 0 radical (unpaired) electrons. The lowest BCUT2D eigenvalue weighted by Crippen LogP contribution is -2.39. The number of anilines is 1. The number of nitrogens with one attached hydrogen (secondary N) is 1. The summed E-state index contributed by atoms with van der Waals surface area (Å²) in [5.74, 6) is 0.342. The summed E-state index contributed by atoms with van der Waals surface area (Å²) in [6.07, 6.45) is 0.698. The fourth-order valence-corrected chi connectivity index (χ4v) is 4.07. The number of thiocarbonyl (C=S) groups is 1. The third-order valence-corrected chi connectivity index (χ3v) is 5.88. The molecule has 0 fully saturated rings. The van der Waals surface area contributed by atoms with Crippen LogP contribution in [0.5, 0.6) is 5.75 Å². The fourth-order valence-electron chi connectivity index (χ4n) is 3.80. The van der Waals surface area contributed by atoms with Crippen molar-refractivity contribution in [2.24, 2.45) is 0 Å². The molecule has 2 aromatic carbocycles. The Morgan fingerprint density at radius 2 is 1.94 bits per heavy atom. The van der Waals surface area contributed by atoms with Gasteiger partial charge in [0.25, 0.3) is 0 Å². The summed E-state index contributed by atoms with van der Waals surface area (Å²) < 4.78 is 12.4. The Morgan fingerprint density at radius 1 is 1.19 bits per heavy atom. The van der Waals surface area contributed by atoms with Crippen LogP contribution in [0.2, 0.25) is 0 Å². The van der Waals surface area contributed by atoms with Crippen LogP contribution < -0.4 is 10.1 Å². The van der Waals surface area contributed by atoms with Gasteiger partial charge in [-0.1, -0.05) is 18.2 Å². The molecule has 8 heteroatoms. The summed E-state index contributed by atoms with van der Waals surface area (Å²) >= 11 is 5.69. The van der Waals surface area contributed by atoms with Crippen molar-refractivity contribution >= 4 is 29.0 Å². The molecule has 0 amide bonds. The molecule has 0 bridgehead atoms. The first-order valence-corrected chi connectivity index (χ1v) is 11.0. The minimum absolute atomic E-state index is 0.292. The average molecular weight is 451 g/mol. The topological polar surface area (TPSA) is 68.6 Å². The van der Waals surface area contributed by atoms with E-state index in [1.54, 1.807) is 14.0 Å². The van der Waals surface area contributed by atoms with Gasteiger partial charge in [-0.3, -0.25) is 0 Å². The molecule has 4 rings (SSSR count). The smallest absolute Gasteiger partial charge is 0.359 e. The van der Waals surface area contributed by atoms with E-state index in [1.807, 2.05) is 60.1 Å². The van der Waals surface area contributed by atoms with E-state index in [4.69, 9.17) is 21.7 Å². The van der Waals surface area contributed by atoms with E-state index >= 15 is 0 Å². The van der Waals surface area contributed by atoms with Crippen molar-refractivity contribution < 1.29 is 14.3 Å². The van der Waals surface area contributed by atoms with Gasteiger partial charge in [-0.25, -0.2) is 9.48 Å². The third kappa shape index (κ3) is 4.31. The molecular formula is C24H26N4O3S. The zero-order valence-corrected chi connectivity index (χ0v) is 19.2. The zero-order valence-electron chi connectivity index (χ0n) is 18.4. The minimum Gasteiger partial charge on any atom is -0.497 e. The lowest BCUT2D eigenvalue weighted by Gasteiger charge is -2.30. The number of hydrogen-bond donors (Lipinski definition) is 1. The van der Waals surface area contributed by atoms with Gasteiger partial charge in [0.1, 0.15) is 5.75 Å². The second-order valence-corrected chi connectivity index (χ2v) is 7.91. The van der Waals surface area contributed by atoms with Crippen LogP contribution in [-0.4, -0.2) is 46.0 Å². The highest BCUT2D eigenvalue weighted by molar-refractivity contribution is 7.80. The molecule has 32 heavy (non-hydrogen) atoms. The van der Waals surface area contributed by atoms with Gasteiger partial charge < -0.3 is 19.7 Å². The van der Waals surface area contributed by atoms with Crippen LogP contribution >= 0.6 is 12.2 Å². The standard InChI is InChI=1S/C24H26N4O3S/c1-4-31-23(29)22-19-15-27(24(32)25-20-8-6-5-7-16(20)2)14-13-21(19)28(26-22)17-9-11-18(30-3)12-10-17/h5-12H,4,13-15H2,1-3H3,(H,25,32). The van der Waals surface area contributed by atoms with Crippen LogP contribution in [-0.2, 0) is 17.7 Å². The van der Waals surface area contributed by atoms with Gasteiger partial charge >= 0.3 is 5.97 Å². The van der Waals surface area contributed by atoms with Crippen LogP contribution in [0.4, 0.5) is 5.69 Å². The van der Waals surface area contributed by atoms with Crippen molar-refractivity contribution in [3.05, 3.63) is 71.0 Å². The van der Waals surface area contributed by atoms with Gasteiger partial charge in [-0.15, -0.1) is 0 Å². The molecule has 1 aromatic heterocycles. The molecule has 166 valence electrons. The predicted molar refractivity (Wildman–Crippen MR) is 128 cm³/mol.